The number of nitrogens with zero attached hydrogens (tertiary/aromatic N) is 2. The van der Waals surface area contributed by atoms with E-state index in [1.807, 2.05) is 0 Å². The quantitative estimate of drug-likeness (QED) is 0.235. The fraction of sp³-hybridized carbons (Fsp3) is 0.355. The molecule has 2 amide bonds. The second kappa shape index (κ2) is 12.7. The molecular formula is C31H30F6N2O5. The Balaban J connectivity index is 1.34. The molecule has 3 aromatic rings. The van der Waals surface area contributed by atoms with E-state index in [1.54, 1.807) is 41.1 Å². The van der Waals surface area contributed by atoms with E-state index < -0.39 is 35.0 Å². The van der Waals surface area contributed by atoms with Crippen molar-refractivity contribution in [2.45, 2.75) is 50.3 Å². The summed E-state index contributed by atoms with van der Waals surface area (Å²) in [5, 5.41) is 9.86. The van der Waals surface area contributed by atoms with Crippen molar-refractivity contribution in [1.29, 1.82) is 0 Å². The van der Waals surface area contributed by atoms with E-state index >= 15 is 0 Å². The van der Waals surface area contributed by atoms with Crippen molar-refractivity contribution in [3.8, 4) is 11.5 Å². The van der Waals surface area contributed by atoms with E-state index in [0.29, 0.717) is 29.8 Å². The zero-order valence-electron chi connectivity index (χ0n) is 23.8. The second-order valence-corrected chi connectivity index (χ2v) is 10.7. The Bertz CT molecular complexity index is 1480. The number of carbonyl (C=O) groups excluding carboxylic acids is 1. The Morgan fingerprint density at radius 1 is 0.886 bits per heavy atom. The van der Waals surface area contributed by atoms with Crippen LogP contribution in [-0.2, 0) is 30.1 Å². The standard InChI is InChI=1S/C31H30F6N2O5/c1-29(27(40)41,44-26-8-4-6-23(16-26)31(35,36)37)17-21-5-3-7-25(15-21)43-14-13-24-19-39(28(42)38(24)2)18-20-9-11-22(12-10-20)30(32,33)34/h3-12,15-16,24H,13-14,17-19H2,1-2H3,(H,40,41). The lowest BCUT2D eigenvalue weighted by molar-refractivity contribution is -0.153. The molecule has 0 spiro atoms. The summed E-state index contributed by atoms with van der Waals surface area (Å²) >= 11 is 0. The van der Waals surface area contributed by atoms with Gasteiger partial charge >= 0.3 is 24.4 Å². The number of amides is 2. The number of carboxylic acid groups (broad SMARTS) is 1. The highest BCUT2D eigenvalue weighted by molar-refractivity contribution is 5.78. The van der Waals surface area contributed by atoms with E-state index in [2.05, 4.69) is 0 Å². The number of halogens is 6. The van der Waals surface area contributed by atoms with Gasteiger partial charge in [-0.1, -0.05) is 30.3 Å². The Morgan fingerprint density at radius 2 is 1.52 bits per heavy atom. The Morgan fingerprint density at radius 3 is 2.16 bits per heavy atom. The van der Waals surface area contributed by atoms with Gasteiger partial charge in [0, 0.05) is 33.0 Å². The fourth-order valence-corrected chi connectivity index (χ4v) is 4.87. The predicted octanol–water partition coefficient (Wildman–Crippen LogP) is 6.89. The summed E-state index contributed by atoms with van der Waals surface area (Å²) in [6.07, 6.45) is -8.78. The molecule has 7 nitrogen and oxygen atoms in total. The molecule has 2 atom stereocenters. The van der Waals surface area contributed by atoms with E-state index in [9.17, 15) is 41.0 Å². The number of carboxylic acids is 1. The first-order valence-electron chi connectivity index (χ1n) is 13.5. The van der Waals surface area contributed by atoms with Crippen LogP contribution in [0.3, 0.4) is 0 Å². The molecule has 0 bridgehead atoms. The van der Waals surface area contributed by atoms with Gasteiger partial charge in [0.2, 0.25) is 5.60 Å². The van der Waals surface area contributed by atoms with Crippen LogP contribution in [0.4, 0.5) is 31.1 Å². The minimum Gasteiger partial charge on any atom is -0.494 e. The second-order valence-electron chi connectivity index (χ2n) is 10.7. The molecule has 1 N–H and O–H groups in total. The van der Waals surface area contributed by atoms with Gasteiger partial charge in [0.15, 0.2) is 0 Å². The lowest BCUT2D eigenvalue weighted by atomic mass is 9.96. The molecule has 236 valence electrons. The number of rotatable bonds is 11. The van der Waals surface area contributed by atoms with Crippen LogP contribution in [-0.4, -0.2) is 58.7 Å². The predicted molar refractivity (Wildman–Crippen MR) is 147 cm³/mol. The third-order valence-corrected chi connectivity index (χ3v) is 7.32. The minimum atomic E-state index is -4.62. The monoisotopic (exact) mass is 624 g/mol. The Labute approximate surface area is 249 Å². The van der Waals surface area contributed by atoms with Gasteiger partial charge in [0.25, 0.3) is 0 Å². The van der Waals surface area contributed by atoms with E-state index in [4.69, 9.17) is 9.47 Å². The molecule has 0 radical (unpaired) electrons. The van der Waals surface area contributed by atoms with Crippen LogP contribution >= 0.6 is 0 Å². The largest absolute Gasteiger partial charge is 0.494 e. The molecule has 0 aliphatic carbocycles. The highest BCUT2D eigenvalue weighted by atomic mass is 19.4. The summed E-state index contributed by atoms with van der Waals surface area (Å²) in [4.78, 5) is 27.9. The molecule has 1 heterocycles. The fourth-order valence-electron chi connectivity index (χ4n) is 4.87. The molecule has 1 aliphatic heterocycles. The maximum atomic E-state index is 13.1. The number of hydrogen-bond acceptors (Lipinski definition) is 4. The van der Waals surface area contributed by atoms with Crippen molar-refractivity contribution in [1.82, 2.24) is 9.80 Å². The summed E-state index contributed by atoms with van der Waals surface area (Å²) in [6.45, 7) is 1.98. The summed E-state index contributed by atoms with van der Waals surface area (Å²) in [7, 11) is 1.64. The van der Waals surface area contributed by atoms with Crippen LogP contribution in [0.2, 0.25) is 0 Å². The molecule has 2 unspecified atom stereocenters. The minimum absolute atomic E-state index is 0.158. The van der Waals surface area contributed by atoms with Crippen molar-refractivity contribution >= 4 is 12.0 Å². The summed E-state index contributed by atoms with van der Waals surface area (Å²) in [5.74, 6) is -1.18. The van der Waals surface area contributed by atoms with Gasteiger partial charge in [0.1, 0.15) is 11.5 Å². The van der Waals surface area contributed by atoms with E-state index in [0.717, 1.165) is 30.3 Å². The maximum absolute atomic E-state index is 13.1. The number of ether oxygens (including phenoxy) is 2. The van der Waals surface area contributed by atoms with Crippen molar-refractivity contribution in [2.75, 3.05) is 20.2 Å². The molecule has 1 fully saturated rings. The van der Waals surface area contributed by atoms with Gasteiger partial charge in [-0.05, 0) is 60.5 Å². The number of hydrogen-bond donors (Lipinski definition) is 1. The van der Waals surface area contributed by atoms with Gasteiger partial charge in [-0.2, -0.15) is 26.3 Å². The van der Waals surface area contributed by atoms with Gasteiger partial charge in [0.05, 0.1) is 23.8 Å². The molecule has 3 aromatic carbocycles. The average molecular weight is 625 g/mol. The molecule has 13 heteroatoms. The smallest absolute Gasteiger partial charge is 0.416 e. The molecule has 0 aromatic heterocycles. The first-order valence-corrected chi connectivity index (χ1v) is 13.5. The molecular weight excluding hydrogens is 594 g/mol. The number of carbonyl (C=O) groups is 2. The third kappa shape index (κ3) is 7.94. The average Bonchev–Trinajstić information content (AvgIpc) is 3.20. The van der Waals surface area contributed by atoms with Gasteiger partial charge in [-0.3, -0.25) is 0 Å². The molecule has 0 saturated carbocycles. The number of urea groups is 1. The number of likely N-dealkylation sites (N-methyl/N-ethyl adjacent to an activating group) is 1. The molecule has 4 rings (SSSR count). The van der Waals surface area contributed by atoms with Crippen LogP contribution in [0.25, 0.3) is 0 Å². The lowest BCUT2D eigenvalue weighted by Gasteiger charge is -2.27. The Hall–Kier alpha value is -4.42. The van der Waals surface area contributed by atoms with Crippen molar-refractivity contribution in [3.05, 3.63) is 95.1 Å². The lowest BCUT2D eigenvalue weighted by Crippen LogP contribution is -2.43. The van der Waals surface area contributed by atoms with Crippen LogP contribution < -0.4 is 9.47 Å². The summed E-state index contributed by atoms with van der Waals surface area (Å²) in [6, 6.07) is 14.8. The van der Waals surface area contributed by atoms with Crippen LogP contribution in [0.15, 0.2) is 72.8 Å². The van der Waals surface area contributed by atoms with Gasteiger partial charge in [-0.25, -0.2) is 9.59 Å². The normalized spacial score (nSPS) is 17.0. The number of benzene rings is 3. The Kier molecular flexibility index (Phi) is 9.36. The van der Waals surface area contributed by atoms with E-state index in [-0.39, 0.29) is 37.4 Å². The van der Waals surface area contributed by atoms with Crippen molar-refractivity contribution in [2.24, 2.45) is 0 Å². The summed E-state index contributed by atoms with van der Waals surface area (Å²) in [5.41, 5.74) is -2.53. The van der Waals surface area contributed by atoms with E-state index in [1.165, 1.54) is 25.1 Å². The first-order chi connectivity index (χ1) is 20.5. The number of alkyl halides is 6. The van der Waals surface area contributed by atoms with Crippen molar-refractivity contribution < 1.29 is 50.5 Å². The topological polar surface area (TPSA) is 79.3 Å². The molecule has 1 aliphatic rings. The number of aliphatic carboxylic acids is 1. The third-order valence-electron chi connectivity index (χ3n) is 7.32. The van der Waals surface area contributed by atoms with Crippen LogP contribution in [0, 0.1) is 0 Å². The highest BCUT2D eigenvalue weighted by Gasteiger charge is 2.38. The SMILES string of the molecule is CN1C(=O)N(Cc2ccc(C(F)(F)F)cc2)CC1CCOc1cccc(CC(C)(Oc2cccc(C(F)(F)F)c2)C(=O)O)c1. The first kappa shape index (κ1) is 32.5. The zero-order chi connectivity index (χ0) is 32.3. The van der Waals surface area contributed by atoms with Gasteiger partial charge in [-0.15, -0.1) is 0 Å². The van der Waals surface area contributed by atoms with Crippen LogP contribution in [0.1, 0.15) is 35.6 Å². The summed E-state index contributed by atoms with van der Waals surface area (Å²) < 4.78 is 89.2. The maximum Gasteiger partial charge on any atom is 0.416 e. The molecule has 1 saturated heterocycles. The van der Waals surface area contributed by atoms with Crippen molar-refractivity contribution in [3.63, 3.8) is 0 Å². The van der Waals surface area contributed by atoms with Gasteiger partial charge < -0.3 is 24.4 Å². The molecule has 44 heavy (non-hydrogen) atoms. The van der Waals surface area contributed by atoms with Crippen LogP contribution in [0.5, 0.6) is 11.5 Å². The highest BCUT2D eigenvalue weighted by Crippen LogP contribution is 2.33. The zero-order valence-corrected chi connectivity index (χ0v) is 23.8.